The summed E-state index contributed by atoms with van der Waals surface area (Å²) in [7, 11) is 0. The van der Waals surface area contributed by atoms with Crippen LogP contribution in [-0.4, -0.2) is 32.7 Å². The molecule has 0 saturated carbocycles. The average Bonchev–Trinajstić information content (AvgIpc) is 3.54. The highest BCUT2D eigenvalue weighted by atomic mass is 32.1. The van der Waals surface area contributed by atoms with Crippen molar-refractivity contribution in [1.29, 1.82) is 0 Å². The molecule has 0 fully saturated rings. The van der Waals surface area contributed by atoms with Crippen molar-refractivity contribution in [1.82, 2.24) is 30.9 Å². The highest BCUT2D eigenvalue weighted by Gasteiger charge is 2.30. The zero-order valence-electron chi connectivity index (χ0n) is 20.3. The van der Waals surface area contributed by atoms with Crippen LogP contribution in [0.25, 0.3) is 0 Å². The van der Waals surface area contributed by atoms with E-state index in [2.05, 4.69) is 30.9 Å². The summed E-state index contributed by atoms with van der Waals surface area (Å²) in [6, 6.07) is -1.41. The number of amides is 3. The molecule has 3 N–H and O–H groups in total. The van der Waals surface area contributed by atoms with Crippen molar-refractivity contribution in [2.45, 2.75) is 59.7 Å². The minimum Gasteiger partial charge on any atom is -0.443 e. The summed E-state index contributed by atoms with van der Waals surface area (Å²) in [5.41, 5.74) is 0.632. The van der Waals surface area contributed by atoms with Crippen molar-refractivity contribution in [3.05, 3.63) is 49.5 Å². The molecule has 3 atom stereocenters. The van der Waals surface area contributed by atoms with Crippen molar-refractivity contribution in [2.24, 2.45) is 11.8 Å². The Labute approximate surface area is 211 Å². The number of hydrogen-bond donors (Lipinski definition) is 3. The second-order valence-corrected chi connectivity index (χ2v) is 11.0. The number of aryl methyl sites for hydroxylation is 1. The first-order valence-corrected chi connectivity index (χ1v) is 13.1. The smallest absolute Gasteiger partial charge is 0.274 e. The number of thiazole rings is 2. The minimum absolute atomic E-state index is 0.00801. The van der Waals surface area contributed by atoms with Gasteiger partial charge in [0, 0.05) is 10.8 Å². The topological polar surface area (TPSA) is 139 Å². The number of oxazole rings is 1. The van der Waals surface area contributed by atoms with E-state index in [0.29, 0.717) is 15.8 Å². The first kappa shape index (κ1) is 25.0. The molecule has 6 bridgehead atoms. The van der Waals surface area contributed by atoms with Crippen LogP contribution in [0, 0.1) is 18.8 Å². The lowest BCUT2D eigenvalue weighted by Gasteiger charge is -2.20. The van der Waals surface area contributed by atoms with E-state index in [9.17, 15) is 14.4 Å². The van der Waals surface area contributed by atoms with Gasteiger partial charge in [0.25, 0.3) is 17.7 Å². The Kier molecular flexibility index (Phi) is 7.04. The Morgan fingerprint density at radius 3 is 1.80 bits per heavy atom. The molecule has 10 nitrogen and oxygen atoms in total. The van der Waals surface area contributed by atoms with Crippen molar-refractivity contribution < 1.29 is 18.8 Å². The molecule has 35 heavy (non-hydrogen) atoms. The third-order valence-electron chi connectivity index (χ3n) is 5.69. The molecule has 0 spiro atoms. The molecule has 3 aromatic heterocycles. The molecular formula is C23H28N6O4S2. The number of rotatable bonds is 2. The van der Waals surface area contributed by atoms with E-state index >= 15 is 0 Å². The van der Waals surface area contributed by atoms with Crippen LogP contribution >= 0.6 is 22.7 Å². The van der Waals surface area contributed by atoms with Gasteiger partial charge in [-0.3, -0.25) is 14.4 Å². The number of fused-ring (bicyclic) bond motifs is 6. The SMILES string of the molecule is Cc1oc2nc1C(=O)N[C@H](C(C)C)c1nc(cs1)C(=O)N[C@H](C(C)C)c1nc(cs1)C(=O)N[C@@H]2C. The van der Waals surface area contributed by atoms with E-state index < -0.39 is 29.9 Å². The Morgan fingerprint density at radius 1 is 0.800 bits per heavy atom. The van der Waals surface area contributed by atoms with Gasteiger partial charge in [-0.2, -0.15) is 0 Å². The Morgan fingerprint density at radius 2 is 1.29 bits per heavy atom. The largest absolute Gasteiger partial charge is 0.443 e. The molecule has 4 rings (SSSR count). The predicted octanol–water partition coefficient (Wildman–Crippen LogP) is 3.95. The van der Waals surface area contributed by atoms with Crippen LogP contribution in [0.3, 0.4) is 0 Å². The number of hydrogen-bond acceptors (Lipinski definition) is 9. The molecule has 0 unspecified atom stereocenters. The summed E-state index contributed by atoms with van der Waals surface area (Å²) in [5, 5.41) is 13.4. The van der Waals surface area contributed by atoms with Crippen LogP contribution in [0.2, 0.25) is 0 Å². The van der Waals surface area contributed by atoms with Crippen molar-refractivity contribution >= 4 is 40.4 Å². The van der Waals surface area contributed by atoms with Crippen LogP contribution in [-0.2, 0) is 0 Å². The van der Waals surface area contributed by atoms with Gasteiger partial charge in [-0.25, -0.2) is 15.0 Å². The summed E-state index contributed by atoms with van der Waals surface area (Å²) in [5.74, 6) is -0.556. The molecule has 0 saturated heterocycles. The lowest BCUT2D eigenvalue weighted by Crippen LogP contribution is -2.34. The maximum absolute atomic E-state index is 13.1. The summed E-state index contributed by atoms with van der Waals surface area (Å²) < 4.78 is 5.71. The fraction of sp³-hybridized carbons (Fsp3) is 0.478. The summed E-state index contributed by atoms with van der Waals surface area (Å²) in [6.07, 6.45) is 0. The Bertz CT molecular complexity index is 1260. The number of aromatic nitrogens is 3. The second kappa shape index (κ2) is 9.86. The van der Waals surface area contributed by atoms with Crippen LogP contribution in [0.15, 0.2) is 15.2 Å². The van der Waals surface area contributed by atoms with Gasteiger partial charge in [0.15, 0.2) is 5.69 Å². The maximum atomic E-state index is 13.1. The normalized spacial score (nSPS) is 21.4. The van der Waals surface area contributed by atoms with Gasteiger partial charge in [0.05, 0.1) is 12.1 Å². The number of nitrogens with one attached hydrogen (secondary N) is 3. The standard InChI is InChI=1S/C23H28N6O4S2/c1-9(2)15-22-25-13(7-34-22)18(30)24-11(5)21-29-17(12(6)33-21)20(32)28-16(10(3)4)23-26-14(8-35-23)19(31)27-15/h7-11,15-16H,1-6H3,(H,24,30)(H,27,31)(H,28,32)/t11-,15-,16-/m1/s1. The number of carbonyl (C=O) groups excluding carboxylic acids is 3. The monoisotopic (exact) mass is 516 g/mol. The first-order valence-electron chi connectivity index (χ1n) is 11.4. The number of carbonyl (C=O) groups is 3. The molecule has 0 aromatic carbocycles. The zero-order chi connectivity index (χ0) is 25.4. The molecular weight excluding hydrogens is 488 g/mol. The molecule has 186 valence electrons. The molecule has 4 heterocycles. The highest BCUT2D eigenvalue weighted by Crippen LogP contribution is 2.29. The van der Waals surface area contributed by atoms with E-state index in [1.165, 1.54) is 22.7 Å². The van der Waals surface area contributed by atoms with Crippen molar-refractivity contribution in [3.8, 4) is 0 Å². The van der Waals surface area contributed by atoms with Crippen LogP contribution in [0.5, 0.6) is 0 Å². The van der Waals surface area contributed by atoms with Gasteiger partial charge < -0.3 is 20.4 Å². The van der Waals surface area contributed by atoms with Crippen LogP contribution < -0.4 is 16.0 Å². The van der Waals surface area contributed by atoms with E-state index in [4.69, 9.17) is 4.42 Å². The van der Waals surface area contributed by atoms with E-state index in [1.54, 1.807) is 24.6 Å². The fourth-order valence-electron chi connectivity index (χ4n) is 3.67. The average molecular weight is 517 g/mol. The Balaban J connectivity index is 1.77. The third-order valence-corrected chi connectivity index (χ3v) is 7.55. The van der Waals surface area contributed by atoms with Gasteiger partial charge in [-0.05, 0) is 25.7 Å². The third kappa shape index (κ3) is 5.13. The molecule has 3 aromatic rings. The molecule has 12 heteroatoms. The minimum atomic E-state index is -0.588. The summed E-state index contributed by atoms with van der Waals surface area (Å²) in [6.45, 7) is 11.2. The predicted molar refractivity (Wildman–Crippen MR) is 131 cm³/mol. The maximum Gasteiger partial charge on any atom is 0.274 e. The molecule has 0 aliphatic carbocycles. The van der Waals surface area contributed by atoms with Crippen LogP contribution in [0.1, 0.15) is 106 Å². The Hall–Kier alpha value is -3.12. The van der Waals surface area contributed by atoms with Crippen LogP contribution in [0.4, 0.5) is 0 Å². The van der Waals surface area contributed by atoms with E-state index in [1.807, 2.05) is 27.7 Å². The fourth-order valence-corrected chi connectivity index (χ4v) is 5.71. The second-order valence-electron chi connectivity index (χ2n) is 9.18. The summed E-state index contributed by atoms with van der Waals surface area (Å²) >= 11 is 2.62. The molecule has 3 amide bonds. The number of nitrogens with zero attached hydrogens (tertiary/aromatic N) is 3. The van der Waals surface area contributed by atoms with Crippen molar-refractivity contribution in [2.75, 3.05) is 0 Å². The quantitative estimate of drug-likeness (QED) is 0.468. The molecule has 0 radical (unpaired) electrons. The summed E-state index contributed by atoms with van der Waals surface area (Å²) in [4.78, 5) is 52.4. The first-order chi connectivity index (χ1) is 16.5. The van der Waals surface area contributed by atoms with E-state index in [0.717, 1.165) is 0 Å². The zero-order valence-corrected chi connectivity index (χ0v) is 22.0. The molecule has 1 aliphatic heterocycles. The van der Waals surface area contributed by atoms with Gasteiger partial charge in [-0.15, -0.1) is 22.7 Å². The lowest BCUT2D eigenvalue weighted by atomic mass is 10.0. The highest BCUT2D eigenvalue weighted by molar-refractivity contribution is 7.10. The lowest BCUT2D eigenvalue weighted by molar-refractivity contribution is 0.0916. The van der Waals surface area contributed by atoms with Gasteiger partial charge in [0.2, 0.25) is 5.89 Å². The van der Waals surface area contributed by atoms with Gasteiger partial charge in [-0.1, -0.05) is 27.7 Å². The van der Waals surface area contributed by atoms with E-state index in [-0.39, 0.29) is 40.7 Å². The molecule has 1 aliphatic rings. The van der Waals surface area contributed by atoms with Gasteiger partial charge >= 0.3 is 0 Å². The van der Waals surface area contributed by atoms with Crippen molar-refractivity contribution in [3.63, 3.8) is 0 Å². The van der Waals surface area contributed by atoms with Gasteiger partial charge in [0.1, 0.15) is 33.2 Å².